The molecule has 1 aromatic carbocycles. The third-order valence-corrected chi connectivity index (χ3v) is 3.79. The highest BCUT2D eigenvalue weighted by atomic mass is 16.5. The van der Waals surface area contributed by atoms with Gasteiger partial charge < -0.3 is 9.47 Å². The molecule has 2 atom stereocenters. The third-order valence-electron chi connectivity index (χ3n) is 3.79. The van der Waals surface area contributed by atoms with Crippen LogP contribution < -0.4 is 4.74 Å². The molecule has 1 aliphatic rings. The van der Waals surface area contributed by atoms with E-state index in [-0.39, 0.29) is 6.10 Å². The lowest BCUT2D eigenvalue weighted by Gasteiger charge is -2.29. The molecule has 0 saturated carbocycles. The molecule has 2 rings (SSSR count). The first-order valence-corrected chi connectivity index (χ1v) is 7.67. The van der Waals surface area contributed by atoms with Gasteiger partial charge in [-0.25, -0.2) is 0 Å². The number of hydrogen-bond acceptors (Lipinski definition) is 2. The Kier molecular flexibility index (Phi) is 5.71. The van der Waals surface area contributed by atoms with Crippen LogP contribution in [0.5, 0.6) is 5.75 Å². The molecule has 0 bridgehead atoms. The van der Waals surface area contributed by atoms with Crippen molar-refractivity contribution in [2.45, 2.75) is 52.1 Å². The van der Waals surface area contributed by atoms with E-state index in [2.05, 4.69) is 38.1 Å². The van der Waals surface area contributed by atoms with Gasteiger partial charge in [-0.05, 0) is 49.3 Å². The Morgan fingerprint density at radius 2 is 1.89 bits per heavy atom. The van der Waals surface area contributed by atoms with Crippen LogP contribution in [0.4, 0.5) is 0 Å². The van der Waals surface area contributed by atoms with Crippen LogP contribution in [0.3, 0.4) is 0 Å². The minimum Gasteiger partial charge on any atom is -0.494 e. The lowest BCUT2D eigenvalue weighted by Crippen LogP contribution is -2.20. The molecular formula is C17H26O2. The first kappa shape index (κ1) is 14.4. The highest BCUT2D eigenvalue weighted by molar-refractivity contribution is 5.28. The fourth-order valence-electron chi connectivity index (χ4n) is 2.70. The quantitative estimate of drug-likeness (QED) is 0.737. The van der Waals surface area contributed by atoms with Crippen molar-refractivity contribution in [1.82, 2.24) is 0 Å². The van der Waals surface area contributed by atoms with E-state index < -0.39 is 0 Å². The maximum absolute atomic E-state index is 6.01. The van der Waals surface area contributed by atoms with Crippen molar-refractivity contribution in [3.8, 4) is 5.75 Å². The highest BCUT2D eigenvalue weighted by Crippen LogP contribution is 2.32. The summed E-state index contributed by atoms with van der Waals surface area (Å²) in [4.78, 5) is 0. The fourth-order valence-corrected chi connectivity index (χ4v) is 2.70. The van der Waals surface area contributed by atoms with Gasteiger partial charge in [-0.2, -0.15) is 0 Å². The molecule has 0 spiro atoms. The first-order valence-electron chi connectivity index (χ1n) is 7.67. The summed E-state index contributed by atoms with van der Waals surface area (Å²) in [5, 5.41) is 0. The SMILES string of the molecule is CCCOc1ccc(C2CCC(CCC)CO2)cc1. The van der Waals surface area contributed by atoms with Gasteiger partial charge in [0.25, 0.3) is 0 Å². The topological polar surface area (TPSA) is 18.5 Å². The Bertz CT molecular complexity index is 350. The fraction of sp³-hybridized carbons (Fsp3) is 0.647. The molecule has 0 radical (unpaired) electrons. The summed E-state index contributed by atoms with van der Waals surface area (Å²) in [6, 6.07) is 8.42. The molecule has 1 fully saturated rings. The molecule has 2 unspecified atom stereocenters. The molecule has 0 amide bonds. The molecule has 0 aromatic heterocycles. The van der Waals surface area contributed by atoms with Crippen LogP contribution in [0.2, 0.25) is 0 Å². The van der Waals surface area contributed by atoms with E-state index in [0.29, 0.717) is 0 Å². The summed E-state index contributed by atoms with van der Waals surface area (Å²) >= 11 is 0. The van der Waals surface area contributed by atoms with E-state index in [1.54, 1.807) is 0 Å². The van der Waals surface area contributed by atoms with Crippen LogP contribution in [-0.4, -0.2) is 13.2 Å². The molecule has 2 nitrogen and oxygen atoms in total. The molecule has 0 N–H and O–H groups in total. The predicted octanol–water partition coefficient (Wildman–Crippen LogP) is 4.74. The average Bonchev–Trinajstić information content (AvgIpc) is 2.47. The number of ether oxygens (including phenoxy) is 2. The molecule has 1 aromatic rings. The maximum atomic E-state index is 6.01. The summed E-state index contributed by atoms with van der Waals surface area (Å²) < 4.78 is 11.6. The van der Waals surface area contributed by atoms with Gasteiger partial charge in [-0.15, -0.1) is 0 Å². The largest absolute Gasteiger partial charge is 0.494 e. The summed E-state index contributed by atoms with van der Waals surface area (Å²) in [6.45, 7) is 6.09. The van der Waals surface area contributed by atoms with Crippen LogP contribution in [0.1, 0.15) is 57.6 Å². The van der Waals surface area contributed by atoms with Crippen molar-refractivity contribution in [3.05, 3.63) is 29.8 Å². The van der Waals surface area contributed by atoms with Crippen molar-refractivity contribution in [2.75, 3.05) is 13.2 Å². The van der Waals surface area contributed by atoms with Gasteiger partial charge in [0, 0.05) is 0 Å². The van der Waals surface area contributed by atoms with E-state index in [1.165, 1.54) is 24.8 Å². The van der Waals surface area contributed by atoms with Crippen LogP contribution >= 0.6 is 0 Å². The summed E-state index contributed by atoms with van der Waals surface area (Å²) in [6.07, 6.45) is 6.35. The van der Waals surface area contributed by atoms with Crippen LogP contribution in [-0.2, 0) is 4.74 Å². The molecule has 1 aliphatic heterocycles. The summed E-state index contributed by atoms with van der Waals surface area (Å²) in [5.41, 5.74) is 1.29. The van der Waals surface area contributed by atoms with Crippen molar-refractivity contribution in [1.29, 1.82) is 0 Å². The van der Waals surface area contributed by atoms with Gasteiger partial charge in [-0.1, -0.05) is 32.4 Å². The minimum atomic E-state index is 0.285. The number of benzene rings is 1. The molecule has 1 heterocycles. The Morgan fingerprint density at radius 1 is 1.11 bits per heavy atom. The van der Waals surface area contributed by atoms with Crippen molar-refractivity contribution < 1.29 is 9.47 Å². The lowest BCUT2D eigenvalue weighted by atomic mass is 9.92. The Labute approximate surface area is 117 Å². The Morgan fingerprint density at radius 3 is 2.47 bits per heavy atom. The van der Waals surface area contributed by atoms with Gasteiger partial charge in [0.15, 0.2) is 0 Å². The number of rotatable bonds is 6. The van der Waals surface area contributed by atoms with Crippen LogP contribution in [0.25, 0.3) is 0 Å². The van der Waals surface area contributed by atoms with Gasteiger partial charge in [0.05, 0.1) is 19.3 Å². The molecule has 0 aliphatic carbocycles. The summed E-state index contributed by atoms with van der Waals surface area (Å²) in [7, 11) is 0. The number of hydrogen-bond donors (Lipinski definition) is 0. The van der Waals surface area contributed by atoms with Crippen molar-refractivity contribution >= 4 is 0 Å². The minimum absolute atomic E-state index is 0.285. The van der Waals surface area contributed by atoms with Crippen LogP contribution in [0, 0.1) is 5.92 Å². The highest BCUT2D eigenvalue weighted by Gasteiger charge is 2.22. The monoisotopic (exact) mass is 262 g/mol. The zero-order chi connectivity index (χ0) is 13.5. The molecule has 106 valence electrons. The van der Waals surface area contributed by atoms with Gasteiger partial charge in [0.1, 0.15) is 5.75 Å². The normalized spacial score (nSPS) is 23.3. The van der Waals surface area contributed by atoms with E-state index in [9.17, 15) is 0 Å². The van der Waals surface area contributed by atoms with Crippen LogP contribution in [0.15, 0.2) is 24.3 Å². The Balaban J connectivity index is 1.85. The molecule has 2 heteroatoms. The second-order valence-electron chi connectivity index (χ2n) is 5.47. The van der Waals surface area contributed by atoms with E-state index in [0.717, 1.165) is 37.7 Å². The molecule has 1 saturated heterocycles. The van der Waals surface area contributed by atoms with Gasteiger partial charge >= 0.3 is 0 Å². The van der Waals surface area contributed by atoms with Crippen molar-refractivity contribution in [3.63, 3.8) is 0 Å². The maximum Gasteiger partial charge on any atom is 0.119 e. The zero-order valence-electron chi connectivity index (χ0n) is 12.2. The molecule has 19 heavy (non-hydrogen) atoms. The average molecular weight is 262 g/mol. The van der Waals surface area contributed by atoms with E-state index in [4.69, 9.17) is 9.47 Å². The summed E-state index contributed by atoms with van der Waals surface area (Å²) in [5.74, 6) is 1.73. The molecular weight excluding hydrogens is 236 g/mol. The van der Waals surface area contributed by atoms with Gasteiger partial charge in [-0.3, -0.25) is 0 Å². The third kappa shape index (κ3) is 4.24. The predicted molar refractivity (Wildman–Crippen MR) is 78.6 cm³/mol. The van der Waals surface area contributed by atoms with Crippen molar-refractivity contribution in [2.24, 2.45) is 5.92 Å². The van der Waals surface area contributed by atoms with Gasteiger partial charge in [0.2, 0.25) is 0 Å². The smallest absolute Gasteiger partial charge is 0.119 e. The lowest BCUT2D eigenvalue weighted by molar-refractivity contribution is -0.0194. The standard InChI is InChI=1S/C17H26O2/c1-3-5-14-6-11-17(19-13-14)15-7-9-16(10-8-15)18-12-4-2/h7-10,14,17H,3-6,11-13H2,1-2H3. The van der Waals surface area contributed by atoms with E-state index >= 15 is 0 Å². The Hall–Kier alpha value is -1.02. The second-order valence-corrected chi connectivity index (χ2v) is 5.47. The first-order chi connectivity index (χ1) is 9.33. The zero-order valence-corrected chi connectivity index (χ0v) is 12.2. The van der Waals surface area contributed by atoms with E-state index in [1.807, 2.05) is 0 Å². The second kappa shape index (κ2) is 7.54.